The predicted octanol–water partition coefficient (Wildman–Crippen LogP) is 12.8. The van der Waals surface area contributed by atoms with Crippen LogP contribution in [0.3, 0.4) is 0 Å². The first-order valence-electron chi connectivity index (χ1n) is 17.6. The average molecular weight is 535 g/mol. The lowest BCUT2D eigenvalue weighted by atomic mass is 10.1. The molecule has 0 saturated heterocycles. The van der Waals surface area contributed by atoms with Gasteiger partial charge in [-0.3, -0.25) is 4.79 Å². The van der Waals surface area contributed by atoms with E-state index < -0.39 is 0 Å². The molecule has 0 aliphatic rings. The van der Waals surface area contributed by atoms with Gasteiger partial charge in [0.15, 0.2) is 0 Å². The van der Waals surface area contributed by atoms with Crippen LogP contribution in [-0.4, -0.2) is 12.6 Å². The Bertz CT molecular complexity index is 470. The van der Waals surface area contributed by atoms with Gasteiger partial charge in [0.05, 0.1) is 6.61 Å². The third kappa shape index (κ3) is 33.2. The van der Waals surface area contributed by atoms with Crippen molar-refractivity contribution in [2.75, 3.05) is 6.61 Å². The minimum Gasteiger partial charge on any atom is -0.466 e. The molecule has 0 heterocycles. The van der Waals surface area contributed by atoms with Gasteiger partial charge in [0.25, 0.3) is 0 Å². The van der Waals surface area contributed by atoms with Crippen LogP contribution in [0.1, 0.15) is 206 Å². The summed E-state index contributed by atoms with van der Waals surface area (Å²) < 4.78 is 5.43. The van der Waals surface area contributed by atoms with Crippen LogP contribution in [-0.2, 0) is 9.53 Å². The molecule has 0 aliphatic carbocycles. The van der Waals surface area contributed by atoms with Gasteiger partial charge in [0.1, 0.15) is 0 Å². The van der Waals surface area contributed by atoms with E-state index in [1.165, 1.54) is 173 Å². The van der Waals surface area contributed by atoms with Gasteiger partial charge >= 0.3 is 5.97 Å². The first-order chi connectivity index (χ1) is 18.8. The molecule has 0 rings (SSSR count). The monoisotopic (exact) mass is 535 g/mol. The molecule has 0 fully saturated rings. The molecule has 0 saturated carbocycles. The van der Waals surface area contributed by atoms with E-state index in [0.29, 0.717) is 13.0 Å². The highest BCUT2D eigenvalue weighted by molar-refractivity contribution is 5.69. The summed E-state index contributed by atoms with van der Waals surface area (Å²) in [6, 6.07) is 0. The van der Waals surface area contributed by atoms with Crippen LogP contribution in [0.5, 0.6) is 0 Å². The topological polar surface area (TPSA) is 26.3 Å². The molecule has 2 heteroatoms. The Morgan fingerprint density at radius 1 is 0.421 bits per heavy atom. The molecule has 0 aliphatic heterocycles. The summed E-state index contributed by atoms with van der Waals surface area (Å²) in [7, 11) is 0. The van der Waals surface area contributed by atoms with Crippen LogP contribution in [0.4, 0.5) is 0 Å². The molecular formula is C36H70O2. The highest BCUT2D eigenvalue weighted by atomic mass is 16.5. The molecule has 0 radical (unpaired) electrons. The standard InChI is InChI=1S/C36H70O2/c1-3-5-7-9-11-13-15-16-17-18-19-20-21-22-23-25-27-29-31-33-35-38-36(37)34-32-30-28-26-24-14-12-10-8-6-4-2/h16-17H,3-15,18-35H2,1-2H3. The number of allylic oxidation sites excluding steroid dienone is 2. The number of hydrogen-bond acceptors (Lipinski definition) is 2. The van der Waals surface area contributed by atoms with Crippen molar-refractivity contribution in [3.8, 4) is 0 Å². The zero-order valence-electron chi connectivity index (χ0n) is 26.4. The smallest absolute Gasteiger partial charge is 0.305 e. The first-order valence-corrected chi connectivity index (χ1v) is 17.6. The van der Waals surface area contributed by atoms with Gasteiger partial charge in [-0.05, 0) is 38.5 Å². The zero-order valence-corrected chi connectivity index (χ0v) is 26.4. The number of ether oxygens (including phenoxy) is 1. The van der Waals surface area contributed by atoms with Crippen LogP contribution < -0.4 is 0 Å². The van der Waals surface area contributed by atoms with Crippen LogP contribution in [0.25, 0.3) is 0 Å². The molecule has 0 aromatic carbocycles. The summed E-state index contributed by atoms with van der Waals surface area (Å²) in [6.45, 7) is 5.19. The Hall–Kier alpha value is -0.790. The molecule has 0 atom stereocenters. The fraction of sp³-hybridized carbons (Fsp3) is 0.917. The molecule has 226 valence electrons. The number of hydrogen-bond donors (Lipinski definition) is 0. The molecule has 0 unspecified atom stereocenters. The van der Waals surface area contributed by atoms with Crippen LogP contribution in [0.2, 0.25) is 0 Å². The van der Waals surface area contributed by atoms with E-state index in [2.05, 4.69) is 26.0 Å². The highest BCUT2D eigenvalue weighted by Crippen LogP contribution is 2.14. The molecule has 0 spiro atoms. The molecule has 2 nitrogen and oxygen atoms in total. The quantitative estimate of drug-likeness (QED) is 0.0487. The maximum absolute atomic E-state index is 11.9. The minimum atomic E-state index is 0.0224. The molecule has 38 heavy (non-hydrogen) atoms. The van der Waals surface area contributed by atoms with E-state index in [4.69, 9.17) is 4.74 Å². The highest BCUT2D eigenvalue weighted by Gasteiger charge is 2.02. The Morgan fingerprint density at radius 2 is 0.737 bits per heavy atom. The van der Waals surface area contributed by atoms with Crippen molar-refractivity contribution in [2.45, 2.75) is 206 Å². The van der Waals surface area contributed by atoms with Crippen molar-refractivity contribution in [1.82, 2.24) is 0 Å². The maximum Gasteiger partial charge on any atom is 0.305 e. The summed E-state index contributed by atoms with van der Waals surface area (Å²) in [4.78, 5) is 11.9. The molecule has 0 aromatic rings. The third-order valence-corrected chi connectivity index (χ3v) is 7.90. The average Bonchev–Trinajstić information content (AvgIpc) is 2.92. The van der Waals surface area contributed by atoms with Gasteiger partial charge in [0.2, 0.25) is 0 Å². The van der Waals surface area contributed by atoms with E-state index in [-0.39, 0.29) is 5.97 Å². The Morgan fingerprint density at radius 3 is 1.13 bits per heavy atom. The number of carbonyl (C=O) groups is 1. The molecule has 0 amide bonds. The Labute approximate surface area is 240 Å². The first kappa shape index (κ1) is 37.2. The molecule has 0 aromatic heterocycles. The maximum atomic E-state index is 11.9. The second-order valence-electron chi connectivity index (χ2n) is 11.9. The van der Waals surface area contributed by atoms with Crippen molar-refractivity contribution >= 4 is 5.97 Å². The van der Waals surface area contributed by atoms with Gasteiger partial charge in [-0.25, -0.2) is 0 Å². The van der Waals surface area contributed by atoms with Gasteiger partial charge in [-0.15, -0.1) is 0 Å². The van der Waals surface area contributed by atoms with Crippen molar-refractivity contribution in [2.24, 2.45) is 0 Å². The van der Waals surface area contributed by atoms with Crippen molar-refractivity contribution in [3.05, 3.63) is 12.2 Å². The normalized spacial score (nSPS) is 11.5. The molecular weight excluding hydrogens is 464 g/mol. The van der Waals surface area contributed by atoms with E-state index in [1.807, 2.05) is 0 Å². The second kappa shape index (κ2) is 34.2. The summed E-state index contributed by atoms with van der Waals surface area (Å²) in [5.74, 6) is 0.0224. The van der Waals surface area contributed by atoms with Gasteiger partial charge in [-0.2, -0.15) is 0 Å². The lowest BCUT2D eigenvalue weighted by Gasteiger charge is -2.06. The summed E-state index contributed by atoms with van der Waals surface area (Å²) in [6.07, 6.45) is 44.1. The number of esters is 1. The van der Waals surface area contributed by atoms with Crippen LogP contribution in [0.15, 0.2) is 12.2 Å². The minimum absolute atomic E-state index is 0.0224. The van der Waals surface area contributed by atoms with Crippen molar-refractivity contribution in [1.29, 1.82) is 0 Å². The summed E-state index contributed by atoms with van der Waals surface area (Å²) in [5.41, 5.74) is 0. The molecule has 0 bridgehead atoms. The lowest BCUT2D eigenvalue weighted by molar-refractivity contribution is -0.143. The summed E-state index contributed by atoms with van der Waals surface area (Å²) in [5, 5.41) is 0. The fourth-order valence-electron chi connectivity index (χ4n) is 5.25. The van der Waals surface area contributed by atoms with Crippen LogP contribution >= 0.6 is 0 Å². The number of carbonyl (C=O) groups excluding carboxylic acids is 1. The SMILES string of the molecule is CCCCCCCCC=CCCCCCCCCCCCCOC(=O)CCCCCCCCCCCCC. The van der Waals surface area contributed by atoms with Crippen LogP contribution in [0, 0.1) is 0 Å². The van der Waals surface area contributed by atoms with Crippen molar-refractivity contribution < 1.29 is 9.53 Å². The Kier molecular flexibility index (Phi) is 33.5. The zero-order chi connectivity index (χ0) is 27.6. The van der Waals surface area contributed by atoms with E-state index >= 15 is 0 Å². The van der Waals surface area contributed by atoms with Gasteiger partial charge < -0.3 is 4.74 Å². The van der Waals surface area contributed by atoms with Crippen molar-refractivity contribution in [3.63, 3.8) is 0 Å². The third-order valence-electron chi connectivity index (χ3n) is 7.90. The van der Waals surface area contributed by atoms with Gasteiger partial charge in [0, 0.05) is 6.42 Å². The number of rotatable bonds is 32. The van der Waals surface area contributed by atoms with E-state index in [9.17, 15) is 4.79 Å². The number of unbranched alkanes of at least 4 members (excludes halogenated alkanes) is 26. The van der Waals surface area contributed by atoms with E-state index in [0.717, 1.165) is 12.8 Å². The predicted molar refractivity (Wildman–Crippen MR) is 170 cm³/mol. The fourth-order valence-corrected chi connectivity index (χ4v) is 5.25. The lowest BCUT2D eigenvalue weighted by Crippen LogP contribution is -2.05. The molecule has 0 N–H and O–H groups in total. The van der Waals surface area contributed by atoms with E-state index in [1.54, 1.807) is 0 Å². The largest absolute Gasteiger partial charge is 0.466 e. The second-order valence-corrected chi connectivity index (χ2v) is 11.9. The van der Waals surface area contributed by atoms with Gasteiger partial charge in [-0.1, -0.05) is 174 Å². The summed E-state index contributed by atoms with van der Waals surface area (Å²) >= 11 is 0. The Balaban J connectivity index is 3.17.